The molecule has 0 radical (unpaired) electrons. The van der Waals surface area contributed by atoms with Crippen LogP contribution in [-0.4, -0.2) is 6.04 Å². The Balaban J connectivity index is 1.91. The molecule has 0 fully saturated rings. The first-order valence-corrected chi connectivity index (χ1v) is 8.62. The fraction of sp³-hybridized carbons (Fsp3) is 0.684. The van der Waals surface area contributed by atoms with Crippen LogP contribution in [0.15, 0.2) is 30.3 Å². The van der Waals surface area contributed by atoms with Gasteiger partial charge in [0.15, 0.2) is 0 Å². The third kappa shape index (κ3) is 9.14. The molecule has 1 heteroatoms. The van der Waals surface area contributed by atoms with Gasteiger partial charge in [0.05, 0.1) is 0 Å². The smallest absolute Gasteiger partial charge is 0.00419 e. The molecule has 20 heavy (non-hydrogen) atoms. The maximum Gasteiger partial charge on any atom is 0.00419 e. The summed E-state index contributed by atoms with van der Waals surface area (Å²) < 4.78 is 0. The molecule has 1 nitrogen and oxygen atoms in total. The number of nitrogens with two attached hydrogens (primary N) is 1. The lowest BCUT2D eigenvalue weighted by molar-refractivity contribution is 0.508. The summed E-state index contributed by atoms with van der Waals surface area (Å²) in [7, 11) is 0. The fourth-order valence-electron chi connectivity index (χ4n) is 2.68. The number of hydrogen-bond acceptors (Lipinski definition) is 1. The van der Waals surface area contributed by atoms with Crippen molar-refractivity contribution in [2.45, 2.75) is 83.6 Å². The first kappa shape index (κ1) is 17.2. The van der Waals surface area contributed by atoms with E-state index in [-0.39, 0.29) is 0 Å². The second-order valence-corrected chi connectivity index (χ2v) is 6.05. The van der Waals surface area contributed by atoms with Gasteiger partial charge in [0, 0.05) is 6.04 Å². The van der Waals surface area contributed by atoms with Crippen LogP contribution in [0.3, 0.4) is 0 Å². The molecule has 0 aliphatic heterocycles. The maximum atomic E-state index is 6.20. The van der Waals surface area contributed by atoms with E-state index in [1.165, 1.54) is 63.4 Å². The number of benzene rings is 1. The molecule has 0 bridgehead atoms. The van der Waals surface area contributed by atoms with Crippen molar-refractivity contribution >= 4 is 0 Å². The van der Waals surface area contributed by atoms with Crippen molar-refractivity contribution in [2.75, 3.05) is 0 Å². The number of rotatable bonds is 12. The van der Waals surface area contributed by atoms with Gasteiger partial charge in [0.25, 0.3) is 0 Å². The van der Waals surface area contributed by atoms with E-state index < -0.39 is 0 Å². The van der Waals surface area contributed by atoms with Gasteiger partial charge in [-0.3, -0.25) is 0 Å². The van der Waals surface area contributed by atoms with Gasteiger partial charge in [-0.15, -0.1) is 0 Å². The van der Waals surface area contributed by atoms with E-state index in [9.17, 15) is 0 Å². The molecular formula is C19H33N. The van der Waals surface area contributed by atoms with E-state index in [2.05, 4.69) is 37.3 Å². The zero-order chi connectivity index (χ0) is 14.5. The third-order valence-electron chi connectivity index (χ3n) is 4.08. The number of hydrogen-bond donors (Lipinski definition) is 1. The van der Waals surface area contributed by atoms with Crippen LogP contribution in [0.2, 0.25) is 0 Å². The Morgan fingerprint density at radius 1 is 0.800 bits per heavy atom. The second kappa shape index (κ2) is 12.0. The second-order valence-electron chi connectivity index (χ2n) is 6.05. The zero-order valence-electron chi connectivity index (χ0n) is 13.3. The fourth-order valence-corrected chi connectivity index (χ4v) is 2.68. The van der Waals surface area contributed by atoms with Gasteiger partial charge in [-0.05, 0) is 24.8 Å². The molecule has 0 saturated heterocycles. The molecule has 0 spiro atoms. The first-order chi connectivity index (χ1) is 9.83. The molecular weight excluding hydrogens is 242 g/mol. The highest BCUT2D eigenvalue weighted by Crippen LogP contribution is 2.12. The summed E-state index contributed by atoms with van der Waals surface area (Å²) >= 11 is 0. The monoisotopic (exact) mass is 275 g/mol. The summed E-state index contributed by atoms with van der Waals surface area (Å²) in [5, 5.41) is 0. The van der Waals surface area contributed by atoms with Crippen LogP contribution >= 0.6 is 0 Å². The predicted molar refractivity (Wildman–Crippen MR) is 90.0 cm³/mol. The molecule has 1 atom stereocenters. The molecule has 1 aromatic carbocycles. The molecule has 0 heterocycles. The molecule has 1 unspecified atom stereocenters. The summed E-state index contributed by atoms with van der Waals surface area (Å²) in [6.45, 7) is 2.27. The van der Waals surface area contributed by atoms with Gasteiger partial charge < -0.3 is 5.73 Å². The molecule has 2 N–H and O–H groups in total. The minimum Gasteiger partial charge on any atom is -0.328 e. The van der Waals surface area contributed by atoms with E-state index in [1.54, 1.807) is 0 Å². The SMILES string of the molecule is CCCCCCCCCCC(N)CCc1ccccc1. The molecule has 0 amide bonds. The van der Waals surface area contributed by atoms with Crippen molar-refractivity contribution in [3.8, 4) is 0 Å². The van der Waals surface area contributed by atoms with Gasteiger partial charge in [-0.2, -0.15) is 0 Å². The summed E-state index contributed by atoms with van der Waals surface area (Å²) in [4.78, 5) is 0. The van der Waals surface area contributed by atoms with E-state index in [1.807, 2.05) is 0 Å². The standard InChI is InChI=1S/C19H33N/c1-2-3-4-5-6-7-8-12-15-19(20)17-16-18-13-10-9-11-14-18/h9-11,13-14,19H,2-8,12,15-17,20H2,1H3. The van der Waals surface area contributed by atoms with E-state index in [0.29, 0.717) is 6.04 Å². The lowest BCUT2D eigenvalue weighted by Gasteiger charge is -2.11. The summed E-state index contributed by atoms with van der Waals surface area (Å²) in [6, 6.07) is 11.1. The molecule has 114 valence electrons. The quantitative estimate of drug-likeness (QED) is 0.502. The average molecular weight is 275 g/mol. The van der Waals surface area contributed by atoms with Crippen molar-refractivity contribution in [3.05, 3.63) is 35.9 Å². The highest BCUT2D eigenvalue weighted by molar-refractivity contribution is 5.14. The largest absolute Gasteiger partial charge is 0.328 e. The lowest BCUT2D eigenvalue weighted by atomic mass is 10.0. The number of unbranched alkanes of at least 4 members (excludes halogenated alkanes) is 7. The topological polar surface area (TPSA) is 26.0 Å². The van der Waals surface area contributed by atoms with Crippen LogP contribution < -0.4 is 5.73 Å². The first-order valence-electron chi connectivity index (χ1n) is 8.62. The van der Waals surface area contributed by atoms with Gasteiger partial charge in [0.1, 0.15) is 0 Å². The Morgan fingerprint density at radius 3 is 2.05 bits per heavy atom. The van der Waals surface area contributed by atoms with Crippen LogP contribution in [-0.2, 0) is 6.42 Å². The normalized spacial score (nSPS) is 12.5. The van der Waals surface area contributed by atoms with Crippen molar-refractivity contribution in [1.82, 2.24) is 0 Å². The van der Waals surface area contributed by atoms with Crippen LogP contribution in [0.5, 0.6) is 0 Å². The third-order valence-corrected chi connectivity index (χ3v) is 4.08. The Kier molecular flexibility index (Phi) is 10.3. The van der Waals surface area contributed by atoms with Crippen LogP contribution in [0.25, 0.3) is 0 Å². The Labute approximate surface area is 126 Å². The molecule has 0 aromatic heterocycles. The van der Waals surface area contributed by atoms with Crippen LogP contribution in [0.1, 0.15) is 76.7 Å². The molecule has 1 aromatic rings. The van der Waals surface area contributed by atoms with Gasteiger partial charge >= 0.3 is 0 Å². The Hall–Kier alpha value is -0.820. The van der Waals surface area contributed by atoms with E-state index in [4.69, 9.17) is 5.73 Å². The minimum absolute atomic E-state index is 0.385. The van der Waals surface area contributed by atoms with E-state index >= 15 is 0 Å². The molecule has 0 saturated carbocycles. The summed E-state index contributed by atoms with van der Waals surface area (Å²) in [5.41, 5.74) is 7.62. The predicted octanol–water partition coefficient (Wildman–Crippen LogP) is 5.48. The Bertz CT molecular complexity index is 307. The Morgan fingerprint density at radius 2 is 1.40 bits per heavy atom. The molecule has 1 rings (SSSR count). The summed E-state index contributed by atoms with van der Waals surface area (Å²) in [5.74, 6) is 0. The van der Waals surface area contributed by atoms with Gasteiger partial charge in [0.2, 0.25) is 0 Å². The number of aryl methyl sites for hydroxylation is 1. The minimum atomic E-state index is 0.385. The van der Waals surface area contributed by atoms with Gasteiger partial charge in [-0.25, -0.2) is 0 Å². The summed E-state index contributed by atoms with van der Waals surface area (Å²) in [6.07, 6.45) is 14.5. The van der Waals surface area contributed by atoms with Gasteiger partial charge in [-0.1, -0.05) is 88.6 Å². The van der Waals surface area contributed by atoms with Crippen LogP contribution in [0.4, 0.5) is 0 Å². The van der Waals surface area contributed by atoms with E-state index in [0.717, 1.165) is 12.8 Å². The zero-order valence-corrected chi connectivity index (χ0v) is 13.3. The lowest BCUT2D eigenvalue weighted by Crippen LogP contribution is -2.20. The van der Waals surface area contributed by atoms with Crippen molar-refractivity contribution in [2.24, 2.45) is 5.73 Å². The van der Waals surface area contributed by atoms with Crippen molar-refractivity contribution in [1.29, 1.82) is 0 Å². The highest BCUT2D eigenvalue weighted by Gasteiger charge is 2.03. The van der Waals surface area contributed by atoms with Crippen molar-refractivity contribution < 1.29 is 0 Å². The van der Waals surface area contributed by atoms with Crippen LogP contribution in [0, 0.1) is 0 Å². The van der Waals surface area contributed by atoms with Crippen molar-refractivity contribution in [3.63, 3.8) is 0 Å². The maximum absolute atomic E-state index is 6.20. The molecule has 0 aliphatic carbocycles. The molecule has 0 aliphatic rings. The highest BCUT2D eigenvalue weighted by atomic mass is 14.6. The average Bonchev–Trinajstić information content (AvgIpc) is 2.49.